The molecular formula is C27H23Br2N3O6S. The highest BCUT2D eigenvalue weighted by molar-refractivity contribution is 9.11. The van der Waals surface area contributed by atoms with Gasteiger partial charge < -0.3 is 18.9 Å². The fourth-order valence-corrected chi connectivity index (χ4v) is 6.41. The lowest BCUT2D eigenvalue weighted by Gasteiger charge is -2.23. The van der Waals surface area contributed by atoms with Crippen molar-refractivity contribution in [3.63, 3.8) is 0 Å². The average molecular weight is 677 g/mol. The maximum atomic E-state index is 13.9. The Morgan fingerprint density at radius 1 is 1.15 bits per heavy atom. The highest BCUT2D eigenvalue weighted by Crippen LogP contribution is 2.36. The molecule has 3 aromatic rings. The molecule has 0 fully saturated rings. The highest BCUT2D eigenvalue weighted by atomic mass is 79.9. The van der Waals surface area contributed by atoms with Crippen LogP contribution in [0, 0.1) is 11.3 Å². The lowest BCUT2D eigenvalue weighted by atomic mass is 9.97. The summed E-state index contributed by atoms with van der Waals surface area (Å²) in [4.78, 5) is 31.5. The summed E-state index contributed by atoms with van der Waals surface area (Å²) >= 11 is 8.09. The summed E-state index contributed by atoms with van der Waals surface area (Å²) in [5.74, 6) is 0.876. The van der Waals surface area contributed by atoms with Crippen molar-refractivity contribution < 1.29 is 23.7 Å². The van der Waals surface area contributed by atoms with Gasteiger partial charge in [-0.25, -0.2) is 9.79 Å². The molecule has 0 unspecified atom stereocenters. The molecular weight excluding hydrogens is 654 g/mol. The predicted molar refractivity (Wildman–Crippen MR) is 153 cm³/mol. The maximum Gasteiger partial charge on any atom is 0.337 e. The number of methoxy groups -OCH3 is 1. The summed E-state index contributed by atoms with van der Waals surface area (Å²) < 4.78 is 25.3. The quantitative estimate of drug-likeness (QED) is 0.312. The molecule has 39 heavy (non-hydrogen) atoms. The van der Waals surface area contributed by atoms with E-state index < -0.39 is 12.0 Å². The van der Waals surface area contributed by atoms with Gasteiger partial charge in [-0.1, -0.05) is 33.3 Å². The lowest BCUT2D eigenvalue weighted by molar-refractivity contribution is -0.136. The number of nitrogens with zero attached hydrogens (tertiary/aromatic N) is 3. The Bertz CT molecular complexity index is 1670. The molecule has 1 aliphatic rings. The predicted octanol–water partition coefficient (Wildman–Crippen LogP) is 4.24. The molecule has 4 rings (SSSR count). The number of carbonyl (C=O) groups is 1. The molecule has 0 radical (unpaired) electrons. The second kappa shape index (κ2) is 12.6. The summed E-state index contributed by atoms with van der Waals surface area (Å²) in [6.45, 7) is 4.43. The smallest absolute Gasteiger partial charge is 0.337 e. The van der Waals surface area contributed by atoms with Gasteiger partial charge in [0.15, 0.2) is 22.9 Å². The van der Waals surface area contributed by atoms with Gasteiger partial charge in [0.1, 0.15) is 11.8 Å². The molecule has 1 aromatic heterocycles. The fraction of sp³-hybridized carbons (Fsp3) is 0.259. The van der Waals surface area contributed by atoms with E-state index in [-0.39, 0.29) is 17.7 Å². The van der Waals surface area contributed by atoms with Crippen molar-refractivity contribution in [2.24, 2.45) is 4.99 Å². The molecule has 2 heterocycles. The number of halogens is 2. The molecule has 1 atom stereocenters. The Balaban J connectivity index is 1.93. The van der Waals surface area contributed by atoms with Gasteiger partial charge >= 0.3 is 5.97 Å². The zero-order valence-electron chi connectivity index (χ0n) is 21.2. The van der Waals surface area contributed by atoms with E-state index in [1.54, 1.807) is 36.4 Å². The minimum atomic E-state index is -0.811. The second-order valence-electron chi connectivity index (χ2n) is 8.00. The molecule has 0 bridgehead atoms. The largest absolute Gasteiger partial charge is 0.490 e. The van der Waals surface area contributed by atoms with Crippen LogP contribution in [-0.4, -0.2) is 37.5 Å². The third-order valence-corrected chi connectivity index (χ3v) is 7.66. The Labute approximate surface area is 244 Å². The first-order valence-electron chi connectivity index (χ1n) is 11.8. The molecule has 0 spiro atoms. The third kappa shape index (κ3) is 5.95. The number of esters is 1. The van der Waals surface area contributed by atoms with Gasteiger partial charge in [-0.15, -0.1) is 0 Å². The standard InChI is InChI=1S/C27H23Br2N3O6S/c1-4-36-20-7-6-15(11-21(20)37-5-2)23-18(26(34)35-3)14-31-27-32(23)25(33)22(39-27)12-16-10-17(28)13-19(29)24(16)38-9-8-30/h6-7,10-14,23H,4-5,9H2,1-3H3/b22-12+/t23-/m0/s1. The zero-order valence-corrected chi connectivity index (χ0v) is 25.2. The van der Waals surface area contributed by atoms with Crippen LogP contribution in [0.5, 0.6) is 17.2 Å². The van der Waals surface area contributed by atoms with Gasteiger partial charge in [0, 0.05) is 16.2 Å². The summed E-state index contributed by atoms with van der Waals surface area (Å²) in [6, 6.07) is 10.0. The Hall–Kier alpha value is -3.40. The SMILES string of the molecule is CCOc1ccc([C@H]2C(C(=O)OC)=CN=c3s/c(=C/c4cc(Br)cc(Br)c4OCC#N)c(=O)n32)cc1OCC. The van der Waals surface area contributed by atoms with E-state index in [0.29, 0.717) is 55.4 Å². The molecule has 0 saturated carbocycles. The first kappa shape index (κ1) is 28.6. The lowest BCUT2D eigenvalue weighted by Crippen LogP contribution is -2.39. The van der Waals surface area contributed by atoms with E-state index in [0.717, 1.165) is 4.47 Å². The average Bonchev–Trinajstić information content (AvgIpc) is 3.23. The van der Waals surface area contributed by atoms with Crippen molar-refractivity contribution in [3.05, 3.63) is 81.9 Å². The van der Waals surface area contributed by atoms with Crippen LogP contribution >= 0.6 is 43.2 Å². The number of aromatic nitrogens is 1. The van der Waals surface area contributed by atoms with Crippen LogP contribution in [0.3, 0.4) is 0 Å². The fourth-order valence-electron chi connectivity index (χ4n) is 4.07. The van der Waals surface area contributed by atoms with Crippen molar-refractivity contribution in [1.82, 2.24) is 4.57 Å². The van der Waals surface area contributed by atoms with E-state index >= 15 is 0 Å². The summed E-state index contributed by atoms with van der Waals surface area (Å²) in [5, 5.41) is 9.00. The molecule has 1 aliphatic heterocycles. The van der Waals surface area contributed by atoms with E-state index in [4.69, 9.17) is 24.2 Å². The zero-order chi connectivity index (χ0) is 28.1. The Morgan fingerprint density at radius 2 is 1.90 bits per heavy atom. The molecule has 0 aliphatic carbocycles. The molecule has 202 valence electrons. The number of hydrogen-bond donors (Lipinski definition) is 0. The number of rotatable bonds is 9. The Kier molecular flexibility index (Phi) is 9.27. The minimum absolute atomic E-state index is 0.162. The van der Waals surface area contributed by atoms with Gasteiger partial charge in [-0.3, -0.25) is 9.36 Å². The highest BCUT2D eigenvalue weighted by Gasteiger charge is 2.31. The normalized spacial score (nSPS) is 14.5. The first-order valence-corrected chi connectivity index (χ1v) is 14.2. The summed E-state index contributed by atoms with van der Waals surface area (Å²) in [6.07, 6.45) is 3.11. The van der Waals surface area contributed by atoms with E-state index in [2.05, 4.69) is 36.9 Å². The number of fused-ring (bicyclic) bond motifs is 1. The van der Waals surface area contributed by atoms with Crippen molar-refractivity contribution in [3.8, 4) is 23.3 Å². The molecule has 2 aromatic carbocycles. The van der Waals surface area contributed by atoms with Crippen molar-refractivity contribution in [2.75, 3.05) is 26.9 Å². The van der Waals surface area contributed by atoms with Crippen LogP contribution < -0.4 is 29.1 Å². The number of nitriles is 1. The van der Waals surface area contributed by atoms with Crippen LogP contribution in [0.4, 0.5) is 0 Å². The molecule has 0 amide bonds. The maximum absolute atomic E-state index is 13.9. The molecule has 0 saturated heterocycles. The van der Waals surface area contributed by atoms with Crippen LogP contribution in [0.1, 0.15) is 31.0 Å². The van der Waals surface area contributed by atoms with Crippen LogP contribution in [0.25, 0.3) is 6.08 Å². The molecule has 12 heteroatoms. The summed E-state index contributed by atoms with van der Waals surface area (Å²) in [7, 11) is 1.28. The molecule has 0 N–H and O–H groups in total. The second-order valence-corrected chi connectivity index (χ2v) is 10.8. The number of carbonyl (C=O) groups excluding carboxylic acids is 1. The van der Waals surface area contributed by atoms with Gasteiger partial charge in [-0.2, -0.15) is 5.26 Å². The number of hydrogen-bond acceptors (Lipinski definition) is 9. The monoisotopic (exact) mass is 675 g/mol. The van der Waals surface area contributed by atoms with Crippen molar-refractivity contribution >= 4 is 55.2 Å². The Morgan fingerprint density at radius 3 is 2.59 bits per heavy atom. The number of thiazole rings is 1. The third-order valence-electron chi connectivity index (χ3n) is 5.61. The minimum Gasteiger partial charge on any atom is -0.490 e. The number of benzene rings is 2. The van der Waals surface area contributed by atoms with Gasteiger partial charge in [0.25, 0.3) is 5.56 Å². The van der Waals surface area contributed by atoms with Crippen LogP contribution in [0.2, 0.25) is 0 Å². The van der Waals surface area contributed by atoms with Crippen molar-refractivity contribution in [2.45, 2.75) is 19.9 Å². The molecule has 9 nitrogen and oxygen atoms in total. The van der Waals surface area contributed by atoms with Gasteiger partial charge in [0.05, 0.1) is 40.9 Å². The van der Waals surface area contributed by atoms with Crippen LogP contribution in [0.15, 0.2) is 60.8 Å². The van der Waals surface area contributed by atoms with Crippen molar-refractivity contribution in [1.29, 1.82) is 5.26 Å². The van der Waals surface area contributed by atoms with E-state index in [1.807, 2.05) is 19.9 Å². The van der Waals surface area contributed by atoms with E-state index in [9.17, 15) is 9.59 Å². The first-order chi connectivity index (χ1) is 18.8. The topological polar surface area (TPSA) is 112 Å². The number of ether oxygens (including phenoxy) is 4. The van der Waals surface area contributed by atoms with Gasteiger partial charge in [-0.05, 0) is 65.7 Å². The summed E-state index contributed by atoms with van der Waals surface area (Å²) in [5.41, 5.74) is 1.06. The van der Waals surface area contributed by atoms with Crippen LogP contribution in [-0.2, 0) is 9.53 Å². The van der Waals surface area contributed by atoms with Gasteiger partial charge in [0.2, 0.25) is 0 Å². The van der Waals surface area contributed by atoms with E-state index in [1.165, 1.54) is 29.2 Å².